The SMILES string of the molecule is CCc1c2ccccc2cc2c1ccc1c(-c3c4ccccc4c(-c4cccc(C)c4)c4ccc(-c5ccc(CCc6c7ccccc7cc7c6ccc6c(-c8c9ccccc9c(-c9cccc(C)c9)c9ccccc89)cccc67)cc5)cc34)cccc12. The minimum Gasteiger partial charge on any atom is -0.0616 e. The van der Waals surface area contributed by atoms with Crippen LogP contribution < -0.4 is 0 Å². The van der Waals surface area contributed by atoms with Gasteiger partial charge in [-0.2, -0.15) is 0 Å². The van der Waals surface area contributed by atoms with Crippen molar-refractivity contribution in [1.29, 1.82) is 0 Å². The first-order chi connectivity index (χ1) is 43.4. The second kappa shape index (κ2) is 20.8. The molecule has 0 aliphatic rings. The Hall–Kier alpha value is -10.7. The summed E-state index contributed by atoms with van der Waals surface area (Å²) in [5, 5.41) is 25.8. The molecule has 0 heteroatoms. The zero-order valence-corrected chi connectivity index (χ0v) is 49.8. The van der Waals surface area contributed by atoms with E-state index in [-0.39, 0.29) is 0 Å². The van der Waals surface area contributed by atoms with Crippen molar-refractivity contribution in [3.63, 3.8) is 0 Å². The summed E-state index contributed by atoms with van der Waals surface area (Å²) in [6.45, 7) is 6.68. The Kier molecular flexibility index (Phi) is 12.2. The van der Waals surface area contributed by atoms with Crippen molar-refractivity contribution in [2.75, 3.05) is 0 Å². The van der Waals surface area contributed by atoms with E-state index in [0.717, 1.165) is 19.3 Å². The fraction of sp³-hybridized carbons (Fsp3) is 0.0682. The van der Waals surface area contributed by atoms with Gasteiger partial charge in [-0.3, -0.25) is 0 Å². The van der Waals surface area contributed by atoms with Crippen LogP contribution in [0.4, 0.5) is 0 Å². The van der Waals surface area contributed by atoms with Crippen LogP contribution in [0.5, 0.6) is 0 Å². The topological polar surface area (TPSA) is 0 Å². The molecule has 0 aliphatic carbocycles. The predicted molar refractivity (Wildman–Crippen MR) is 381 cm³/mol. The van der Waals surface area contributed by atoms with Gasteiger partial charge >= 0.3 is 0 Å². The van der Waals surface area contributed by atoms with Crippen molar-refractivity contribution in [2.24, 2.45) is 0 Å². The molecule has 0 heterocycles. The third-order valence-corrected chi connectivity index (χ3v) is 19.4. The van der Waals surface area contributed by atoms with Gasteiger partial charge in [0.1, 0.15) is 0 Å². The molecular formula is C88H62. The van der Waals surface area contributed by atoms with Crippen molar-refractivity contribution in [1.82, 2.24) is 0 Å². The third kappa shape index (κ3) is 8.27. The highest BCUT2D eigenvalue weighted by Gasteiger charge is 2.23. The third-order valence-electron chi connectivity index (χ3n) is 19.4. The summed E-state index contributed by atoms with van der Waals surface area (Å²) in [7, 11) is 0. The molecule has 0 spiro atoms. The summed E-state index contributed by atoms with van der Waals surface area (Å²) in [5.74, 6) is 0. The van der Waals surface area contributed by atoms with Crippen LogP contribution in [0, 0.1) is 13.8 Å². The molecule has 0 amide bonds. The van der Waals surface area contributed by atoms with Gasteiger partial charge in [-0.05, 0) is 231 Å². The van der Waals surface area contributed by atoms with Crippen LogP contribution >= 0.6 is 0 Å². The van der Waals surface area contributed by atoms with E-state index in [9.17, 15) is 0 Å². The maximum Gasteiger partial charge on any atom is -0.00199 e. The molecule has 17 rings (SSSR count). The monoisotopic (exact) mass is 1120 g/mol. The summed E-state index contributed by atoms with van der Waals surface area (Å²) in [6, 6.07) is 108. The number of benzene rings is 17. The Bertz CT molecular complexity index is 5680. The van der Waals surface area contributed by atoms with Crippen LogP contribution in [0.15, 0.2) is 285 Å². The molecule has 0 fully saturated rings. The van der Waals surface area contributed by atoms with E-state index < -0.39 is 0 Å². The van der Waals surface area contributed by atoms with Gasteiger partial charge in [-0.25, -0.2) is 0 Å². The van der Waals surface area contributed by atoms with Crippen molar-refractivity contribution in [3.8, 4) is 55.6 Å². The lowest BCUT2D eigenvalue weighted by Gasteiger charge is -2.20. The molecule has 0 atom stereocenters. The smallest absolute Gasteiger partial charge is 0.00199 e. The lowest BCUT2D eigenvalue weighted by Crippen LogP contribution is -1.96. The highest BCUT2D eigenvalue weighted by Crippen LogP contribution is 2.50. The van der Waals surface area contributed by atoms with E-state index >= 15 is 0 Å². The van der Waals surface area contributed by atoms with E-state index in [4.69, 9.17) is 0 Å². The molecule has 414 valence electrons. The number of hydrogen-bond acceptors (Lipinski definition) is 0. The van der Waals surface area contributed by atoms with E-state index in [1.807, 2.05) is 0 Å². The van der Waals surface area contributed by atoms with Crippen molar-refractivity contribution in [2.45, 2.75) is 40.0 Å². The van der Waals surface area contributed by atoms with E-state index in [1.54, 1.807) is 0 Å². The van der Waals surface area contributed by atoms with Crippen LogP contribution in [0.3, 0.4) is 0 Å². The molecule has 0 bridgehead atoms. The standard InChI is InChI=1S/C88H62/c1-4-63-64-25-7-5-21-59(64)52-82-66-33-18-36-74(71(66)46-45-68(63)82)88-80-32-14-11-29-77(80)86(62-24-16-20-55(3)50-62)81-44-42-58(51-84(81)88)57-40-37-56(38-41-57)39-43-69-65-26-8-6-22-60(65)53-83-67-34-17-35-73(70(67)47-48-72(69)83)87-78-30-12-9-27-75(78)85(61-23-15-19-54(2)49-61)76-28-10-13-31-79(76)87/h5-38,40-42,44-53H,4,39,43H2,1-3H3. The lowest BCUT2D eigenvalue weighted by molar-refractivity contribution is 0.977. The summed E-state index contributed by atoms with van der Waals surface area (Å²) >= 11 is 0. The molecule has 17 aromatic rings. The number of hydrogen-bond donors (Lipinski definition) is 0. The molecule has 17 aromatic carbocycles. The Balaban J connectivity index is 0.771. The molecular weight excluding hydrogens is 1060 g/mol. The quantitative estimate of drug-likeness (QED) is 0.0998. The fourth-order valence-corrected chi connectivity index (χ4v) is 15.5. The van der Waals surface area contributed by atoms with Gasteiger partial charge in [0.25, 0.3) is 0 Å². The van der Waals surface area contributed by atoms with Crippen molar-refractivity contribution >= 4 is 108 Å². The van der Waals surface area contributed by atoms with E-state index in [2.05, 4.69) is 306 Å². The van der Waals surface area contributed by atoms with Gasteiger partial charge in [0.15, 0.2) is 0 Å². The second-order valence-electron chi connectivity index (χ2n) is 24.5. The average Bonchev–Trinajstić information content (AvgIpc) is 1.16. The summed E-state index contributed by atoms with van der Waals surface area (Å²) in [5.41, 5.74) is 19.3. The van der Waals surface area contributed by atoms with Crippen LogP contribution in [0.2, 0.25) is 0 Å². The second-order valence-corrected chi connectivity index (χ2v) is 24.5. The lowest BCUT2D eigenvalue weighted by atomic mass is 9.83. The molecule has 0 radical (unpaired) electrons. The molecule has 0 saturated heterocycles. The Morgan fingerprint density at radius 1 is 0.216 bits per heavy atom. The maximum absolute atomic E-state index is 2.48. The van der Waals surface area contributed by atoms with E-state index in [1.165, 1.54) is 191 Å². The molecule has 0 saturated carbocycles. The first-order valence-electron chi connectivity index (χ1n) is 31.3. The average molecular weight is 1120 g/mol. The normalized spacial score (nSPS) is 11.9. The van der Waals surface area contributed by atoms with Crippen molar-refractivity contribution in [3.05, 3.63) is 313 Å². The zero-order valence-electron chi connectivity index (χ0n) is 49.8. The van der Waals surface area contributed by atoms with Gasteiger partial charge in [0.05, 0.1) is 0 Å². The summed E-state index contributed by atoms with van der Waals surface area (Å²) in [4.78, 5) is 0. The highest BCUT2D eigenvalue weighted by atomic mass is 14.3. The van der Waals surface area contributed by atoms with Crippen LogP contribution in [0.1, 0.15) is 34.7 Å². The van der Waals surface area contributed by atoms with Crippen LogP contribution in [-0.2, 0) is 19.3 Å². The summed E-state index contributed by atoms with van der Waals surface area (Å²) < 4.78 is 0. The first kappa shape index (κ1) is 51.7. The number of rotatable bonds is 9. The zero-order chi connectivity index (χ0) is 58.6. The van der Waals surface area contributed by atoms with Crippen LogP contribution in [-0.4, -0.2) is 0 Å². The first-order valence-corrected chi connectivity index (χ1v) is 31.3. The molecule has 0 aromatic heterocycles. The van der Waals surface area contributed by atoms with Gasteiger partial charge in [-0.15, -0.1) is 0 Å². The minimum absolute atomic E-state index is 0.919. The molecule has 0 aliphatic heterocycles. The Labute approximate surface area is 513 Å². The Morgan fingerprint density at radius 3 is 1.10 bits per heavy atom. The van der Waals surface area contributed by atoms with Gasteiger partial charge in [0.2, 0.25) is 0 Å². The van der Waals surface area contributed by atoms with Crippen molar-refractivity contribution < 1.29 is 0 Å². The molecule has 0 nitrogen and oxygen atoms in total. The molecule has 0 N–H and O–H groups in total. The van der Waals surface area contributed by atoms with E-state index in [0.29, 0.717) is 0 Å². The fourth-order valence-electron chi connectivity index (χ4n) is 15.5. The number of aryl methyl sites for hydroxylation is 5. The summed E-state index contributed by atoms with van der Waals surface area (Å²) in [6.07, 6.45) is 2.82. The maximum atomic E-state index is 2.48. The minimum atomic E-state index is 0.919. The van der Waals surface area contributed by atoms with Gasteiger partial charge < -0.3 is 0 Å². The highest BCUT2D eigenvalue weighted by molar-refractivity contribution is 6.28. The van der Waals surface area contributed by atoms with Gasteiger partial charge in [-0.1, -0.05) is 285 Å². The molecule has 88 heavy (non-hydrogen) atoms. The molecule has 0 unspecified atom stereocenters. The largest absolute Gasteiger partial charge is 0.0616 e. The predicted octanol–water partition coefficient (Wildman–Crippen LogP) is 24.5. The Morgan fingerprint density at radius 2 is 0.602 bits per heavy atom. The van der Waals surface area contributed by atoms with Gasteiger partial charge in [0, 0.05) is 0 Å². The van der Waals surface area contributed by atoms with Crippen LogP contribution in [0.25, 0.3) is 163 Å². The number of fused-ring (bicyclic) bond motifs is 12.